The largest absolute Gasteiger partial charge is 0.309 e. The van der Waals surface area contributed by atoms with E-state index in [2.05, 4.69) is 0 Å². The lowest BCUT2D eigenvalue weighted by molar-refractivity contribution is -0.384. The number of benzene rings is 1. The molecule has 0 aliphatic heterocycles. The number of hydrogen-bond acceptors (Lipinski definition) is 2. The Morgan fingerprint density at radius 2 is 1.36 bits per heavy atom. The lowest BCUT2D eigenvalue weighted by atomic mass is 10.2. The zero-order valence-electron chi connectivity index (χ0n) is 6.78. The molecule has 1 aromatic carbocycles. The molecule has 0 amide bonds. The minimum absolute atomic E-state index is 0.0489. The molecule has 76 valence electrons. The summed E-state index contributed by atoms with van der Waals surface area (Å²) < 4.78 is 0. The van der Waals surface area contributed by atoms with Crippen molar-refractivity contribution in [3.05, 3.63) is 35.8 Å². The van der Waals surface area contributed by atoms with Gasteiger partial charge in [0.25, 0.3) is 0 Å². The van der Waals surface area contributed by atoms with Gasteiger partial charge in [-0.1, -0.05) is 46.4 Å². The van der Waals surface area contributed by atoms with Gasteiger partial charge in [0.05, 0.1) is 15.0 Å². The molecule has 0 aliphatic rings. The van der Waals surface area contributed by atoms with Gasteiger partial charge in [-0.2, -0.15) is 0 Å². The van der Waals surface area contributed by atoms with Crippen molar-refractivity contribution in [1.29, 1.82) is 0 Å². The molecule has 14 heavy (non-hydrogen) atoms. The molecule has 0 N–H and O–H groups in total. The van der Waals surface area contributed by atoms with Crippen LogP contribution in [-0.4, -0.2) is 4.92 Å². The van der Waals surface area contributed by atoms with Gasteiger partial charge in [-0.05, 0) is 12.5 Å². The molecule has 3 nitrogen and oxygen atoms in total. The average Bonchev–Trinajstić information content (AvgIpc) is 2.11. The third-order valence-corrected chi connectivity index (χ3v) is 3.52. The third kappa shape index (κ3) is 1.77. The molecule has 7 heteroatoms. The van der Waals surface area contributed by atoms with Crippen molar-refractivity contribution in [1.82, 2.24) is 0 Å². The molecular weight excluding hydrogens is 272 g/mol. The van der Waals surface area contributed by atoms with Crippen LogP contribution in [0.5, 0.6) is 0 Å². The van der Waals surface area contributed by atoms with Crippen LogP contribution in [0.1, 0.15) is 5.56 Å². The Morgan fingerprint density at radius 1 is 1.00 bits per heavy atom. The lowest BCUT2D eigenvalue weighted by Crippen LogP contribution is -1.94. The molecule has 0 aliphatic carbocycles. The monoisotopic (exact) mass is 273 g/mol. The number of hydrogen-bond donors (Lipinski definition) is 0. The standard InChI is InChI=1S/C7H3Cl4NO2/c1-2-3(8)5(10)7(12(13)14)6(11)4(2)9/h1H3. The highest BCUT2D eigenvalue weighted by molar-refractivity contribution is 6.50. The van der Waals surface area contributed by atoms with Gasteiger partial charge < -0.3 is 0 Å². The minimum Gasteiger partial charge on any atom is -0.258 e. The molecule has 0 unspecified atom stereocenters. The van der Waals surface area contributed by atoms with Gasteiger partial charge in [0.15, 0.2) is 0 Å². The van der Waals surface area contributed by atoms with Gasteiger partial charge >= 0.3 is 5.69 Å². The maximum Gasteiger partial charge on any atom is 0.309 e. The minimum atomic E-state index is -0.720. The molecule has 0 saturated heterocycles. The summed E-state index contributed by atoms with van der Waals surface area (Å²) in [6.07, 6.45) is 0. The summed E-state index contributed by atoms with van der Waals surface area (Å²) in [7, 11) is 0. The molecule has 0 aromatic heterocycles. The summed E-state index contributed by atoms with van der Waals surface area (Å²) in [5.74, 6) is 0. The van der Waals surface area contributed by atoms with Crippen molar-refractivity contribution in [2.45, 2.75) is 6.92 Å². The average molecular weight is 275 g/mol. The number of halogens is 4. The normalized spacial score (nSPS) is 10.4. The lowest BCUT2D eigenvalue weighted by Gasteiger charge is -2.06. The first-order valence-electron chi connectivity index (χ1n) is 3.34. The predicted octanol–water partition coefficient (Wildman–Crippen LogP) is 4.52. The van der Waals surface area contributed by atoms with Gasteiger partial charge in [-0.3, -0.25) is 10.1 Å². The van der Waals surface area contributed by atoms with Crippen molar-refractivity contribution < 1.29 is 4.92 Å². The second-order valence-corrected chi connectivity index (χ2v) is 4.00. The Balaban J connectivity index is 3.68. The summed E-state index contributed by atoms with van der Waals surface area (Å²) >= 11 is 22.8. The molecular formula is C7H3Cl4NO2. The van der Waals surface area contributed by atoms with E-state index in [9.17, 15) is 10.1 Å². The van der Waals surface area contributed by atoms with Gasteiger partial charge in [-0.15, -0.1) is 0 Å². The molecule has 0 saturated carbocycles. The summed E-state index contributed by atoms with van der Waals surface area (Å²) in [5, 5.41) is 10.3. The fourth-order valence-corrected chi connectivity index (χ4v) is 1.97. The maximum absolute atomic E-state index is 10.6. The van der Waals surface area contributed by atoms with Crippen LogP contribution in [0.4, 0.5) is 5.69 Å². The molecule has 0 radical (unpaired) electrons. The van der Waals surface area contributed by atoms with E-state index in [4.69, 9.17) is 46.4 Å². The van der Waals surface area contributed by atoms with Crippen molar-refractivity contribution in [2.24, 2.45) is 0 Å². The van der Waals surface area contributed by atoms with Crippen LogP contribution < -0.4 is 0 Å². The number of rotatable bonds is 1. The zero-order valence-corrected chi connectivity index (χ0v) is 9.80. The Kier molecular flexibility index (Phi) is 3.48. The van der Waals surface area contributed by atoms with Crippen LogP contribution in [0, 0.1) is 17.0 Å². The quantitative estimate of drug-likeness (QED) is 0.429. The van der Waals surface area contributed by atoms with E-state index in [1.807, 2.05) is 0 Å². The van der Waals surface area contributed by atoms with Crippen molar-refractivity contribution >= 4 is 52.1 Å². The Morgan fingerprint density at radius 3 is 1.64 bits per heavy atom. The predicted molar refractivity (Wildman–Crippen MR) is 57.9 cm³/mol. The maximum atomic E-state index is 10.6. The number of nitro groups is 1. The Bertz CT molecular complexity index is 390. The van der Waals surface area contributed by atoms with Crippen LogP contribution in [-0.2, 0) is 0 Å². The van der Waals surface area contributed by atoms with E-state index >= 15 is 0 Å². The van der Waals surface area contributed by atoms with E-state index in [0.717, 1.165) is 0 Å². The second-order valence-electron chi connectivity index (χ2n) is 2.49. The van der Waals surface area contributed by atoms with Crippen LogP contribution in [0.15, 0.2) is 0 Å². The van der Waals surface area contributed by atoms with Crippen LogP contribution in [0.25, 0.3) is 0 Å². The number of nitrogens with zero attached hydrogens (tertiary/aromatic N) is 1. The molecule has 1 aromatic rings. The highest BCUT2D eigenvalue weighted by Gasteiger charge is 2.25. The van der Waals surface area contributed by atoms with Crippen LogP contribution >= 0.6 is 46.4 Å². The molecule has 0 bridgehead atoms. The van der Waals surface area contributed by atoms with Crippen LogP contribution in [0.2, 0.25) is 20.1 Å². The highest BCUT2D eigenvalue weighted by atomic mass is 35.5. The summed E-state index contributed by atoms with van der Waals surface area (Å²) in [6, 6.07) is 0. The molecule has 0 spiro atoms. The zero-order chi connectivity index (χ0) is 11.0. The third-order valence-electron chi connectivity index (χ3n) is 1.64. The van der Waals surface area contributed by atoms with E-state index in [1.165, 1.54) is 0 Å². The first kappa shape index (κ1) is 11.9. The van der Waals surface area contributed by atoms with E-state index in [1.54, 1.807) is 6.92 Å². The van der Waals surface area contributed by atoms with Gasteiger partial charge in [-0.25, -0.2) is 0 Å². The number of nitro benzene ring substituents is 1. The first-order valence-corrected chi connectivity index (χ1v) is 4.86. The summed E-state index contributed by atoms with van der Waals surface area (Å²) in [6.45, 7) is 1.58. The van der Waals surface area contributed by atoms with Gasteiger partial charge in [0.2, 0.25) is 0 Å². The summed E-state index contributed by atoms with van der Waals surface area (Å²) in [5.41, 5.74) is -0.0390. The molecule has 0 fully saturated rings. The van der Waals surface area contributed by atoms with Crippen molar-refractivity contribution in [3.8, 4) is 0 Å². The first-order chi connectivity index (χ1) is 6.37. The summed E-state index contributed by atoms with van der Waals surface area (Å²) in [4.78, 5) is 9.86. The van der Waals surface area contributed by atoms with Crippen molar-refractivity contribution in [3.63, 3.8) is 0 Å². The van der Waals surface area contributed by atoms with Crippen LogP contribution in [0.3, 0.4) is 0 Å². The molecule has 0 atom stereocenters. The van der Waals surface area contributed by atoms with Crippen molar-refractivity contribution in [2.75, 3.05) is 0 Å². The topological polar surface area (TPSA) is 43.1 Å². The van der Waals surface area contributed by atoms with E-state index < -0.39 is 10.6 Å². The fraction of sp³-hybridized carbons (Fsp3) is 0.143. The SMILES string of the molecule is Cc1c(Cl)c(Cl)c([N+](=O)[O-])c(Cl)c1Cl. The Labute approximate surface area is 99.7 Å². The smallest absolute Gasteiger partial charge is 0.258 e. The highest BCUT2D eigenvalue weighted by Crippen LogP contribution is 2.44. The van der Waals surface area contributed by atoms with Gasteiger partial charge in [0, 0.05) is 0 Å². The Hall–Kier alpha value is -0.220. The molecule has 1 rings (SSSR count). The van der Waals surface area contributed by atoms with E-state index in [-0.39, 0.29) is 20.1 Å². The second kappa shape index (κ2) is 4.11. The van der Waals surface area contributed by atoms with Gasteiger partial charge in [0.1, 0.15) is 10.0 Å². The van der Waals surface area contributed by atoms with E-state index in [0.29, 0.717) is 5.56 Å². The molecule has 0 heterocycles. The fourth-order valence-electron chi connectivity index (χ4n) is 0.890.